The summed E-state index contributed by atoms with van der Waals surface area (Å²) in [6, 6.07) is 2.53. The molecule has 3 N–H and O–H groups in total. The van der Waals surface area contributed by atoms with E-state index in [4.69, 9.17) is 0 Å². The Morgan fingerprint density at radius 3 is 2.25 bits per heavy atom. The Hall–Kier alpha value is -1.73. The monoisotopic (exact) mass is 343 g/mol. The maximum Gasteiger partial charge on any atom is 0.314 e. The van der Waals surface area contributed by atoms with Crippen molar-refractivity contribution in [3.63, 3.8) is 0 Å². The van der Waals surface area contributed by atoms with Crippen molar-refractivity contribution in [2.75, 3.05) is 27.2 Å². The smallest absolute Gasteiger partial charge is 0.314 e. The lowest BCUT2D eigenvalue weighted by Gasteiger charge is -2.29. The normalized spacial score (nSPS) is 15.2. The zero-order valence-corrected chi connectivity index (χ0v) is 14.9. The van der Waals surface area contributed by atoms with Crippen molar-refractivity contribution in [3.05, 3.63) is 35.4 Å². The summed E-state index contributed by atoms with van der Waals surface area (Å²) in [6.45, 7) is 5.44. The number of carbonyl (C=O) groups is 1. The molecule has 0 aromatic heterocycles. The number of nitrogens with zero attached hydrogens (tertiary/aromatic N) is 1. The standard InChI is InChI=1S/C17H27F2N3O2/c1-11(2)17(3,24)10-21-16(23)20-9-14(22(4)5)15-12(18)7-6-8-13(15)19/h6-8,11,14,24H,9-10H2,1-5H3,(H2,20,21,23). The Balaban J connectivity index is 2.70. The quantitative estimate of drug-likeness (QED) is 0.712. The van der Waals surface area contributed by atoms with Gasteiger partial charge in [-0.05, 0) is 39.1 Å². The van der Waals surface area contributed by atoms with E-state index >= 15 is 0 Å². The number of rotatable bonds is 7. The number of hydrogen-bond acceptors (Lipinski definition) is 3. The minimum Gasteiger partial charge on any atom is -0.388 e. The van der Waals surface area contributed by atoms with Crippen LogP contribution in [0.3, 0.4) is 0 Å². The molecule has 0 heterocycles. The fourth-order valence-corrected chi connectivity index (χ4v) is 2.09. The van der Waals surface area contributed by atoms with Crippen molar-refractivity contribution in [1.82, 2.24) is 15.5 Å². The predicted octanol–water partition coefficient (Wildman–Crippen LogP) is 2.27. The average molecular weight is 343 g/mol. The van der Waals surface area contributed by atoms with E-state index < -0.39 is 29.3 Å². The molecule has 24 heavy (non-hydrogen) atoms. The van der Waals surface area contributed by atoms with Gasteiger partial charge in [0.1, 0.15) is 11.6 Å². The fraction of sp³-hybridized carbons (Fsp3) is 0.588. The van der Waals surface area contributed by atoms with Crippen molar-refractivity contribution in [2.24, 2.45) is 5.92 Å². The largest absolute Gasteiger partial charge is 0.388 e. The minimum atomic E-state index is -1.03. The molecular weight excluding hydrogens is 316 g/mol. The van der Waals surface area contributed by atoms with Crippen LogP contribution < -0.4 is 10.6 Å². The molecule has 0 bridgehead atoms. The number of halogens is 2. The third-order valence-corrected chi connectivity index (χ3v) is 4.26. The molecule has 0 aliphatic carbocycles. The topological polar surface area (TPSA) is 64.6 Å². The highest BCUT2D eigenvalue weighted by Gasteiger charge is 2.26. The van der Waals surface area contributed by atoms with Crippen LogP contribution in [0.25, 0.3) is 0 Å². The van der Waals surface area contributed by atoms with Crippen LogP contribution in [0.4, 0.5) is 13.6 Å². The lowest BCUT2D eigenvalue weighted by Crippen LogP contribution is -2.48. The molecule has 7 heteroatoms. The fourth-order valence-electron chi connectivity index (χ4n) is 2.09. The van der Waals surface area contributed by atoms with Crippen LogP contribution in [0.5, 0.6) is 0 Å². The maximum atomic E-state index is 14.0. The summed E-state index contributed by atoms with van der Waals surface area (Å²) >= 11 is 0. The Morgan fingerprint density at radius 2 is 1.79 bits per heavy atom. The number of hydrogen-bond donors (Lipinski definition) is 3. The summed E-state index contributed by atoms with van der Waals surface area (Å²) in [6.07, 6.45) is 0. The number of urea groups is 1. The SMILES string of the molecule is CC(C)C(C)(O)CNC(=O)NCC(c1c(F)cccc1F)N(C)C. The second-order valence-electron chi connectivity index (χ2n) is 6.69. The van der Waals surface area contributed by atoms with Crippen LogP contribution in [-0.2, 0) is 0 Å². The van der Waals surface area contributed by atoms with Gasteiger partial charge in [-0.2, -0.15) is 0 Å². The van der Waals surface area contributed by atoms with E-state index in [9.17, 15) is 18.7 Å². The van der Waals surface area contributed by atoms with Gasteiger partial charge in [-0.1, -0.05) is 19.9 Å². The summed E-state index contributed by atoms with van der Waals surface area (Å²) in [5.74, 6) is -1.34. The Morgan fingerprint density at radius 1 is 1.25 bits per heavy atom. The average Bonchev–Trinajstić information content (AvgIpc) is 2.47. The molecule has 1 aromatic rings. The lowest BCUT2D eigenvalue weighted by molar-refractivity contribution is 0.0166. The number of carbonyl (C=O) groups excluding carboxylic acids is 1. The molecule has 136 valence electrons. The van der Waals surface area contributed by atoms with Gasteiger partial charge in [0, 0.05) is 18.7 Å². The van der Waals surface area contributed by atoms with Crippen molar-refractivity contribution in [1.29, 1.82) is 0 Å². The highest BCUT2D eigenvalue weighted by molar-refractivity contribution is 5.74. The number of nitrogens with one attached hydrogen (secondary N) is 2. The molecule has 0 fully saturated rings. The molecule has 0 radical (unpaired) electrons. The molecular formula is C17H27F2N3O2. The summed E-state index contributed by atoms with van der Waals surface area (Å²) in [5.41, 5.74) is -1.12. The van der Waals surface area contributed by atoms with E-state index in [0.717, 1.165) is 0 Å². The van der Waals surface area contributed by atoms with E-state index in [2.05, 4.69) is 10.6 Å². The minimum absolute atomic E-state index is 0.0279. The third-order valence-electron chi connectivity index (χ3n) is 4.26. The molecule has 2 amide bonds. The van der Waals surface area contributed by atoms with Crippen molar-refractivity contribution < 1.29 is 18.7 Å². The van der Waals surface area contributed by atoms with Gasteiger partial charge in [-0.25, -0.2) is 13.6 Å². The van der Waals surface area contributed by atoms with Gasteiger partial charge in [0.05, 0.1) is 11.6 Å². The Bertz CT molecular complexity index is 543. The lowest BCUT2D eigenvalue weighted by atomic mass is 9.93. The molecule has 0 saturated carbocycles. The molecule has 1 aromatic carbocycles. The molecule has 2 atom stereocenters. The molecule has 0 spiro atoms. The zero-order valence-electron chi connectivity index (χ0n) is 14.9. The first kappa shape index (κ1) is 20.3. The molecule has 5 nitrogen and oxygen atoms in total. The highest BCUT2D eigenvalue weighted by atomic mass is 19.1. The van der Waals surface area contributed by atoms with E-state index in [1.807, 2.05) is 13.8 Å². The van der Waals surface area contributed by atoms with Gasteiger partial charge >= 0.3 is 6.03 Å². The number of aliphatic hydroxyl groups is 1. The highest BCUT2D eigenvalue weighted by Crippen LogP contribution is 2.23. The van der Waals surface area contributed by atoms with Crippen molar-refractivity contribution in [3.8, 4) is 0 Å². The van der Waals surface area contributed by atoms with Gasteiger partial charge in [0.2, 0.25) is 0 Å². The number of benzene rings is 1. The van der Waals surface area contributed by atoms with Crippen LogP contribution in [0, 0.1) is 17.6 Å². The Kier molecular flexibility index (Phi) is 7.10. The second kappa shape index (κ2) is 8.39. The van der Waals surface area contributed by atoms with Crippen LogP contribution in [0.15, 0.2) is 18.2 Å². The van der Waals surface area contributed by atoms with Crippen LogP contribution in [-0.4, -0.2) is 48.8 Å². The van der Waals surface area contributed by atoms with E-state index in [1.54, 1.807) is 25.9 Å². The molecule has 2 unspecified atom stereocenters. The zero-order chi connectivity index (χ0) is 18.5. The van der Waals surface area contributed by atoms with Crippen LogP contribution in [0.2, 0.25) is 0 Å². The maximum absolute atomic E-state index is 14.0. The molecule has 0 aliphatic rings. The predicted molar refractivity (Wildman–Crippen MR) is 89.6 cm³/mol. The Labute approximate surface area is 142 Å². The van der Waals surface area contributed by atoms with Crippen LogP contribution in [0.1, 0.15) is 32.4 Å². The number of likely N-dealkylation sites (N-methyl/N-ethyl adjacent to an activating group) is 1. The van der Waals surface area contributed by atoms with E-state index in [1.165, 1.54) is 18.2 Å². The number of amides is 2. The first-order valence-electron chi connectivity index (χ1n) is 7.90. The second-order valence-corrected chi connectivity index (χ2v) is 6.69. The molecule has 0 saturated heterocycles. The van der Waals surface area contributed by atoms with Gasteiger partial charge < -0.3 is 20.6 Å². The summed E-state index contributed by atoms with van der Waals surface area (Å²) in [7, 11) is 3.36. The van der Waals surface area contributed by atoms with Crippen LogP contribution >= 0.6 is 0 Å². The van der Waals surface area contributed by atoms with Gasteiger partial charge in [-0.15, -0.1) is 0 Å². The molecule has 1 rings (SSSR count). The van der Waals surface area contributed by atoms with E-state index in [-0.39, 0.29) is 24.6 Å². The van der Waals surface area contributed by atoms with Gasteiger partial charge in [0.25, 0.3) is 0 Å². The molecule has 0 aliphatic heterocycles. The summed E-state index contributed by atoms with van der Waals surface area (Å²) in [4.78, 5) is 13.5. The first-order chi connectivity index (χ1) is 11.1. The van der Waals surface area contributed by atoms with E-state index in [0.29, 0.717) is 0 Å². The first-order valence-corrected chi connectivity index (χ1v) is 7.90. The van der Waals surface area contributed by atoms with Gasteiger partial charge in [-0.3, -0.25) is 0 Å². The van der Waals surface area contributed by atoms with Crippen molar-refractivity contribution >= 4 is 6.03 Å². The summed E-state index contributed by atoms with van der Waals surface area (Å²) < 4.78 is 27.9. The van der Waals surface area contributed by atoms with Crippen molar-refractivity contribution in [2.45, 2.75) is 32.4 Å². The summed E-state index contributed by atoms with van der Waals surface area (Å²) in [5, 5.41) is 15.3. The third kappa shape index (κ3) is 5.42. The van der Waals surface area contributed by atoms with Gasteiger partial charge in [0.15, 0.2) is 0 Å².